The minimum absolute atomic E-state index is 0. The summed E-state index contributed by atoms with van der Waals surface area (Å²) in [6, 6.07) is 0. The topological polar surface area (TPSA) is 0 Å². The van der Waals surface area contributed by atoms with Gasteiger partial charge in [-0.1, -0.05) is 6.92 Å². The molecule has 0 aromatic carbocycles. The second-order valence-corrected chi connectivity index (χ2v) is 5.29. The standard InChI is InChI=1S/C11H18.Na.H/c1-7-10-3-8-2-9(5-10)6-11(7)4-8;;/h7-11H,2-6H2,1H3;;. The number of hydrogen-bond donors (Lipinski definition) is 0. The summed E-state index contributed by atoms with van der Waals surface area (Å²) >= 11 is 0. The van der Waals surface area contributed by atoms with Crippen LogP contribution in [0.15, 0.2) is 0 Å². The predicted molar refractivity (Wildman–Crippen MR) is 53.4 cm³/mol. The molecule has 4 saturated carbocycles. The van der Waals surface area contributed by atoms with Crippen LogP contribution in [0, 0.1) is 29.6 Å². The van der Waals surface area contributed by atoms with Gasteiger partial charge in [-0.25, -0.2) is 0 Å². The molecule has 0 N–H and O–H groups in total. The normalized spacial score (nSPS) is 55.2. The third-order valence-electron chi connectivity index (χ3n) is 4.70. The molecule has 4 fully saturated rings. The van der Waals surface area contributed by atoms with E-state index in [1.54, 1.807) is 32.1 Å². The molecule has 4 aliphatic rings. The van der Waals surface area contributed by atoms with Crippen molar-refractivity contribution in [2.75, 3.05) is 0 Å². The molecule has 4 rings (SSSR count). The van der Waals surface area contributed by atoms with Crippen LogP contribution in [-0.2, 0) is 0 Å². The Kier molecular flexibility index (Phi) is 2.62. The van der Waals surface area contributed by atoms with Crippen molar-refractivity contribution in [3.05, 3.63) is 0 Å². The molecule has 4 bridgehead atoms. The van der Waals surface area contributed by atoms with Crippen LogP contribution in [0.2, 0.25) is 0 Å². The number of rotatable bonds is 0. The van der Waals surface area contributed by atoms with Crippen LogP contribution in [0.3, 0.4) is 0 Å². The predicted octanol–water partition coefficient (Wildman–Crippen LogP) is 2.43. The first kappa shape index (κ1) is 9.55. The maximum atomic E-state index is 2.51. The van der Waals surface area contributed by atoms with Gasteiger partial charge in [-0.05, 0) is 61.7 Å². The molecule has 0 aromatic rings. The van der Waals surface area contributed by atoms with E-state index in [4.69, 9.17) is 0 Å². The SMILES string of the molecule is CC1C2CC3CC(C2)CC1C3.[NaH]. The first-order valence-electron chi connectivity index (χ1n) is 5.33. The molecular weight excluding hydrogens is 155 g/mol. The quantitative estimate of drug-likeness (QED) is 0.495. The van der Waals surface area contributed by atoms with Crippen molar-refractivity contribution in [3.8, 4) is 0 Å². The van der Waals surface area contributed by atoms with Crippen LogP contribution in [0.5, 0.6) is 0 Å². The Morgan fingerprint density at radius 2 is 1.17 bits per heavy atom. The summed E-state index contributed by atoms with van der Waals surface area (Å²) in [6.07, 6.45) is 7.96. The molecule has 1 heteroatoms. The van der Waals surface area contributed by atoms with E-state index in [0.29, 0.717) is 0 Å². The molecule has 0 amide bonds. The molecule has 0 heterocycles. The van der Waals surface area contributed by atoms with E-state index in [1.807, 2.05) is 0 Å². The van der Waals surface area contributed by atoms with Gasteiger partial charge < -0.3 is 0 Å². The van der Waals surface area contributed by atoms with E-state index in [-0.39, 0.29) is 29.6 Å². The Bertz CT molecular complexity index is 148. The average molecular weight is 174 g/mol. The molecule has 4 aliphatic carbocycles. The zero-order valence-electron chi connectivity index (χ0n) is 7.42. The molecule has 0 spiro atoms. The first-order chi connectivity index (χ1) is 5.33. The maximum absolute atomic E-state index is 2.51. The van der Waals surface area contributed by atoms with Gasteiger partial charge in [0.05, 0.1) is 0 Å². The Morgan fingerprint density at radius 3 is 1.58 bits per heavy atom. The van der Waals surface area contributed by atoms with Crippen molar-refractivity contribution < 1.29 is 0 Å². The van der Waals surface area contributed by atoms with E-state index in [0.717, 1.165) is 29.6 Å². The molecule has 0 nitrogen and oxygen atoms in total. The fraction of sp³-hybridized carbons (Fsp3) is 1.00. The van der Waals surface area contributed by atoms with Crippen molar-refractivity contribution in [1.29, 1.82) is 0 Å². The van der Waals surface area contributed by atoms with E-state index in [1.165, 1.54) is 0 Å². The molecule has 0 unspecified atom stereocenters. The molecule has 0 aliphatic heterocycles. The Morgan fingerprint density at radius 1 is 0.750 bits per heavy atom. The third-order valence-corrected chi connectivity index (χ3v) is 4.70. The van der Waals surface area contributed by atoms with Gasteiger partial charge in [-0.2, -0.15) is 0 Å². The van der Waals surface area contributed by atoms with Crippen LogP contribution in [0.25, 0.3) is 0 Å². The van der Waals surface area contributed by atoms with Crippen molar-refractivity contribution in [2.45, 2.75) is 39.0 Å². The zero-order valence-corrected chi connectivity index (χ0v) is 7.42. The van der Waals surface area contributed by atoms with Crippen LogP contribution in [0.1, 0.15) is 39.0 Å². The summed E-state index contributed by atoms with van der Waals surface area (Å²) in [4.78, 5) is 0. The van der Waals surface area contributed by atoms with Gasteiger partial charge in [0.2, 0.25) is 0 Å². The molecule has 0 saturated heterocycles. The van der Waals surface area contributed by atoms with Gasteiger partial charge in [-0.15, -0.1) is 0 Å². The summed E-state index contributed by atoms with van der Waals surface area (Å²) < 4.78 is 0. The fourth-order valence-corrected chi connectivity index (χ4v) is 4.20. The van der Waals surface area contributed by atoms with Crippen molar-refractivity contribution in [1.82, 2.24) is 0 Å². The van der Waals surface area contributed by atoms with Crippen LogP contribution < -0.4 is 0 Å². The molecule has 64 valence electrons. The second kappa shape index (κ2) is 3.29. The van der Waals surface area contributed by atoms with Crippen LogP contribution in [0.4, 0.5) is 0 Å². The van der Waals surface area contributed by atoms with Crippen LogP contribution in [-0.4, -0.2) is 29.6 Å². The number of hydrogen-bond acceptors (Lipinski definition) is 0. The average Bonchev–Trinajstić information content (AvgIpc) is 1.98. The summed E-state index contributed by atoms with van der Waals surface area (Å²) in [5.41, 5.74) is 0. The molecule has 0 atom stereocenters. The van der Waals surface area contributed by atoms with Crippen molar-refractivity contribution >= 4 is 29.6 Å². The van der Waals surface area contributed by atoms with E-state index in [9.17, 15) is 0 Å². The van der Waals surface area contributed by atoms with E-state index < -0.39 is 0 Å². The fourth-order valence-electron chi connectivity index (χ4n) is 4.20. The van der Waals surface area contributed by atoms with Gasteiger partial charge in [0.25, 0.3) is 0 Å². The van der Waals surface area contributed by atoms with Crippen LogP contribution >= 0.6 is 0 Å². The second-order valence-electron chi connectivity index (χ2n) is 5.29. The Hall–Kier alpha value is 1.00. The molecular formula is C11H19Na. The summed E-state index contributed by atoms with van der Waals surface area (Å²) in [6.45, 7) is 2.51. The van der Waals surface area contributed by atoms with Crippen molar-refractivity contribution in [3.63, 3.8) is 0 Å². The first-order valence-corrected chi connectivity index (χ1v) is 5.33. The van der Waals surface area contributed by atoms with Gasteiger partial charge in [0.1, 0.15) is 0 Å². The van der Waals surface area contributed by atoms with Gasteiger partial charge >= 0.3 is 29.6 Å². The molecule has 12 heavy (non-hydrogen) atoms. The van der Waals surface area contributed by atoms with Gasteiger partial charge in [-0.3, -0.25) is 0 Å². The third kappa shape index (κ3) is 1.31. The Balaban J connectivity index is 0.000000563. The van der Waals surface area contributed by atoms with Gasteiger partial charge in [0, 0.05) is 0 Å². The monoisotopic (exact) mass is 174 g/mol. The Labute approximate surface area is 97.8 Å². The van der Waals surface area contributed by atoms with E-state index in [2.05, 4.69) is 6.92 Å². The van der Waals surface area contributed by atoms with Gasteiger partial charge in [0.15, 0.2) is 0 Å². The van der Waals surface area contributed by atoms with E-state index >= 15 is 0 Å². The molecule has 0 radical (unpaired) electrons. The van der Waals surface area contributed by atoms with Crippen molar-refractivity contribution in [2.24, 2.45) is 29.6 Å². The molecule has 0 aromatic heterocycles. The summed E-state index contributed by atoms with van der Waals surface area (Å²) in [5, 5.41) is 0. The minimum atomic E-state index is 0. The summed E-state index contributed by atoms with van der Waals surface area (Å²) in [5.74, 6) is 5.70. The summed E-state index contributed by atoms with van der Waals surface area (Å²) in [7, 11) is 0. The zero-order chi connectivity index (χ0) is 7.42.